The smallest absolute Gasteiger partial charge is 0.257 e. The number of fused-ring (bicyclic) bond motifs is 2. The molecule has 2 aliphatic heterocycles. The molecule has 3 aromatic heterocycles. The number of hydrogen-bond donors (Lipinski definition) is 1. The molecule has 0 atom stereocenters. The number of pyridine rings is 1. The summed E-state index contributed by atoms with van der Waals surface area (Å²) in [5.41, 5.74) is 4.11. The van der Waals surface area contributed by atoms with Crippen LogP contribution in [-0.2, 0) is 11.3 Å². The summed E-state index contributed by atoms with van der Waals surface area (Å²) in [5, 5.41) is 11.3. The lowest BCUT2D eigenvalue weighted by Crippen LogP contribution is -2.33. The predicted octanol–water partition coefficient (Wildman–Crippen LogP) is 3.89. The van der Waals surface area contributed by atoms with Crippen molar-refractivity contribution in [2.75, 3.05) is 5.32 Å². The van der Waals surface area contributed by atoms with Crippen LogP contribution < -0.4 is 5.32 Å². The van der Waals surface area contributed by atoms with Gasteiger partial charge in [0.15, 0.2) is 5.82 Å². The minimum Gasteiger partial charge on any atom is -0.373 e. The van der Waals surface area contributed by atoms with Gasteiger partial charge < -0.3 is 19.2 Å². The van der Waals surface area contributed by atoms with E-state index in [2.05, 4.69) is 36.2 Å². The van der Waals surface area contributed by atoms with Gasteiger partial charge in [0.2, 0.25) is 0 Å². The second-order valence-corrected chi connectivity index (χ2v) is 9.30. The fourth-order valence-electron chi connectivity index (χ4n) is 4.75. The van der Waals surface area contributed by atoms with Crippen LogP contribution in [0.3, 0.4) is 0 Å². The van der Waals surface area contributed by atoms with E-state index in [-0.39, 0.29) is 18.1 Å². The van der Waals surface area contributed by atoms with Crippen LogP contribution in [0.1, 0.15) is 59.3 Å². The molecule has 4 aromatic rings. The Kier molecular flexibility index (Phi) is 4.38. The molecule has 2 saturated carbocycles. The van der Waals surface area contributed by atoms with Gasteiger partial charge in [-0.2, -0.15) is 0 Å². The molecule has 170 valence electrons. The van der Waals surface area contributed by atoms with Gasteiger partial charge in [0.25, 0.3) is 5.91 Å². The molecule has 9 nitrogen and oxygen atoms in total. The van der Waals surface area contributed by atoms with Crippen molar-refractivity contribution in [3.8, 4) is 17.2 Å². The van der Waals surface area contributed by atoms with Gasteiger partial charge in [-0.25, -0.2) is 9.97 Å². The standard InChI is InChI=1S/C25H23N7O2/c33-25-20-10-17(31-11-22(26-13-31)15-4-5-15)7-6-16(20)12-34-19-8-18(9-19)32-14-27-30-24(32)21-2-1-3-23(28-21)29-25/h1-3,6-7,10-11,13-15,18-19H,4-5,8-9,12H2,(H,28,29,33)/t18-,19+. The van der Waals surface area contributed by atoms with Gasteiger partial charge in [0.05, 0.1) is 24.7 Å². The number of aromatic nitrogens is 6. The summed E-state index contributed by atoms with van der Waals surface area (Å²) in [7, 11) is 0. The number of benzene rings is 1. The number of nitrogens with one attached hydrogen (secondary N) is 1. The number of nitrogens with zero attached hydrogens (tertiary/aromatic N) is 6. The van der Waals surface area contributed by atoms with E-state index in [0.717, 1.165) is 29.8 Å². The van der Waals surface area contributed by atoms with Crippen LogP contribution in [0.2, 0.25) is 0 Å². The van der Waals surface area contributed by atoms with Gasteiger partial charge in [-0.1, -0.05) is 12.1 Å². The second-order valence-electron chi connectivity index (χ2n) is 9.30. The van der Waals surface area contributed by atoms with Crippen molar-refractivity contribution in [2.45, 2.75) is 50.4 Å². The van der Waals surface area contributed by atoms with Crippen molar-refractivity contribution in [1.29, 1.82) is 0 Å². The normalized spacial score (nSPS) is 21.6. The van der Waals surface area contributed by atoms with Crippen LogP contribution in [0.15, 0.2) is 55.2 Å². The number of carbonyl (C=O) groups is 1. The van der Waals surface area contributed by atoms with Gasteiger partial charge in [-0.15, -0.1) is 10.2 Å². The van der Waals surface area contributed by atoms with E-state index in [9.17, 15) is 4.79 Å². The largest absolute Gasteiger partial charge is 0.373 e. The summed E-state index contributed by atoms with van der Waals surface area (Å²) in [5.74, 6) is 1.52. The highest BCUT2D eigenvalue weighted by Crippen LogP contribution is 2.39. The Bertz CT molecular complexity index is 1400. The highest BCUT2D eigenvalue weighted by molar-refractivity contribution is 6.05. The number of imidazole rings is 1. The van der Waals surface area contributed by atoms with Crippen molar-refractivity contribution < 1.29 is 9.53 Å². The molecule has 4 aliphatic rings. The zero-order chi connectivity index (χ0) is 22.6. The average molecular weight is 454 g/mol. The van der Waals surface area contributed by atoms with Crippen molar-refractivity contribution in [3.63, 3.8) is 0 Å². The first-order valence-corrected chi connectivity index (χ1v) is 11.7. The molecule has 1 aromatic carbocycles. The highest BCUT2D eigenvalue weighted by Gasteiger charge is 2.34. The Morgan fingerprint density at radius 2 is 2.00 bits per heavy atom. The Morgan fingerprint density at radius 3 is 2.88 bits per heavy atom. The van der Waals surface area contributed by atoms with E-state index in [4.69, 9.17) is 4.74 Å². The fraction of sp³-hybridized carbons (Fsp3) is 0.320. The third kappa shape index (κ3) is 3.40. The number of anilines is 1. The van der Waals surface area contributed by atoms with E-state index in [1.54, 1.807) is 12.4 Å². The highest BCUT2D eigenvalue weighted by atomic mass is 16.5. The molecule has 5 heterocycles. The molecule has 0 saturated heterocycles. The maximum Gasteiger partial charge on any atom is 0.257 e. The average Bonchev–Trinajstić information content (AvgIpc) is 3.35. The third-order valence-corrected chi connectivity index (χ3v) is 6.97. The van der Waals surface area contributed by atoms with E-state index < -0.39 is 0 Å². The maximum absolute atomic E-state index is 13.4. The van der Waals surface area contributed by atoms with Gasteiger partial charge in [0.1, 0.15) is 17.8 Å². The molecule has 0 spiro atoms. The van der Waals surface area contributed by atoms with Crippen LogP contribution in [-0.4, -0.2) is 41.3 Å². The first-order valence-electron chi connectivity index (χ1n) is 11.7. The number of hydrogen-bond acceptors (Lipinski definition) is 6. The zero-order valence-corrected chi connectivity index (χ0v) is 18.5. The topological polar surface area (TPSA) is 99.8 Å². The molecular formula is C25H23N7O2. The number of rotatable bonds is 2. The van der Waals surface area contributed by atoms with Gasteiger partial charge in [0, 0.05) is 29.4 Å². The lowest BCUT2D eigenvalue weighted by Gasteiger charge is -2.36. The Morgan fingerprint density at radius 1 is 1.09 bits per heavy atom. The first kappa shape index (κ1) is 19.6. The first-order chi connectivity index (χ1) is 16.7. The molecule has 2 fully saturated rings. The molecular weight excluding hydrogens is 430 g/mol. The SMILES string of the molecule is O=C1Nc2cccc(n2)-c2nncn2[C@H]2C[C@H](C2)OCc2ccc(-n3cnc(C4CC4)c3)cc21. The lowest BCUT2D eigenvalue weighted by atomic mass is 9.88. The summed E-state index contributed by atoms with van der Waals surface area (Å²) >= 11 is 0. The Hall–Kier alpha value is -3.85. The number of amides is 1. The third-order valence-electron chi connectivity index (χ3n) is 6.97. The summed E-state index contributed by atoms with van der Waals surface area (Å²) in [4.78, 5) is 22.6. The molecule has 1 N–H and O–H groups in total. The summed E-state index contributed by atoms with van der Waals surface area (Å²) < 4.78 is 10.2. The molecule has 0 unspecified atom stereocenters. The van der Waals surface area contributed by atoms with Crippen LogP contribution in [0.25, 0.3) is 17.2 Å². The number of ether oxygens (including phenoxy) is 1. The Balaban J connectivity index is 1.27. The fourth-order valence-corrected chi connectivity index (χ4v) is 4.75. The molecule has 34 heavy (non-hydrogen) atoms. The molecule has 4 bridgehead atoms. The van der Waals surface area contributed by atoms with Crippen LogP contribution >= 0.6 is 0 Å². The summed E-state index contributed by atoms with van der Waals surface area (Å²) in [6.07, 6.45) is 9.92. The minimum absolute atomic E-state index is 0.132. The van der Waals surface area contributed by atoms with Crippen molar-refractivity contribution in [2.24, 2.45) is 0 Å². The number of carbonyl (C=O) groups excluding carboxylic acids is 1. The van der Waals surface area contributed by atoms with E-state index >= 15 is 0 Å². The van der Waals surface area contributed by atoms with Crippen molar-refractivity contribution >= 4 is 11.7 Å². The molecule has 0 radical (unpaired) electrons. The zero-order valence-electron chi connectivity index (χ0n) is 18.5. The predicted molar refractivity (Wildman–Crippen MR) is 124 cm³/mol. The van der Waals surface area contributed by atoms with Crippen molar-refractivity contribution in [3.05, 3.63) is 72.1 Å². The molecule has 2 aliphatic carbocycles. The molecule has 8 rings (SSSR count). The van der Waals surface area contributed by atoms with Gasteiger partial charge >= 0.3 is 0 Å². The van der Waals surface area contributed by atoms with E-state index in [1.165, 1.54) is 12.8 Å². The molecule has 9 heteroatoms. The quantitative estimate of drug-likeness (QED) is 0.494. The minimum atomic E-state index is -0.224. The lowest BCUT2D eigenvalue weighted by molar-refractivity contribution is -0.0355. The van der Waals surface area contributed by atoms with Crippen LogP contribution in [0.4, 0.5) is 5.82 Å². The van der Waals surface area contributed by atoms with E-state index in [1.807, 2.05) is 41.2 Å². The van der Waals surface area contributed by atoms with Crippen molar-refractivity contribution in [1.82, 2.24) is 29.3 Å². The summed E-state index contributed by atoms with van der Waals surface area (Å²) in [6, 6.07) is 11.7. The molecule has 1 amide bonds. The van der Waals surface area contributed by atoms with Gasteiger partial charge in [-0.05, 0) is 55.5 Å². The maximum atomic E-state index is 13.4. The monoisotopic (exact) mass is 453 g/mol. The second kappa shape index (κ2) is 7.59. The van der Waals surface area contributed by atoms with Gasteiger partial charge in [-0.3, -0.25) is 4.79 Å². The summed E-state index contributed by atoms with van der Waals surface area (Å²) in [6.45, 7) is 0.375. The van der Waals surface area contributed by atoms with E-state index in [0.29, 0.717) is 35.4 Å². The van der Waals surface area contributed by atoms with Crippen LogP contribution in [0, 0.1) is 0 Å². The van der Waals surface area contributed by atoms with Crippen LogP contribution in [0.5, 0.6) is 0 Å². The Labute approximate surface area is 195 Å².